The van der Waals surface area contributed by atoms with E-state index < -0.39 is 17.8 Å². The lowest BCUT2D eigenvalue weighted by atomic mass is 10.0. The van der Waals surface area contributed by atoms with Crippen LogP contribution in [0, 0.1) is 0 Å². The van der Waals surface area contributed by atoms with Gasteiger partial charge < -0.3 is 10.1 Å². The normalized spacial score (nSPS) is 20.3. The molecule has 1 N–H and O–H groups in total. The summed E-state index contributed by atoms with van der Waals surface area (Å²) in [6.07, 6.45) is -5.09. The molecule has 1 aliphatic rings. The first-order valence-electron chi connectivity index (χ1n) is 6.62. The van der Waals surface area contributed by atoms with E-state index in [1.54, 1.807) is 11.0 Å². The monoisotopic (exact) mass is 302 g/mol. The van der Waals surface area contributed by atoms with E-state index in [1.165, 1.54) is 19.2 Å². The lowest BCUT2D eigenvalue weighted by Crippen LogP contribution is -2.43. The summed E-state index contributed by atoms with van der Waals surface area (Å²) in [6.45, 7) is 1.25. The second-order valence-electron chi connectivity index (χ2n) is 4.85. The number of benzene rings is 1. The van der Waals surface area contributed by atoms with E-state index >= 15 is 0 Å². The summed E-state index contributed by atoms with van der Waals surface area (Å²) >= 11 is 0. The molecule has 1 atom stereocenters. The van der Waals surface area contributed by atoms with Gasteiger partial charge in [-0.25, -0.2) is 0 Å². The smallest absolute Gasteiger partial charge is 0.371 e. The number of halogens is 3. The molecular formula is C14H17F3N2O2. The first kappa shape index (κ1) is 15.8. The zero-order valence-corrected chi connectivity index (χ0v) is 11.6. The molecule has 1 saturated heterocycles. The minimum Gasteiger partial charge on any atom is -0.371 e. The molecule has 0 radical (unpaired) electrons. The average Bonchev–Trinajstić information content (AvgIpc) is 2.46. The molecule has 2 rings (SSSR count). The molecule has 1 aromatic carbocycles. The minimum atomic E-state index is -4.41. The van der Waals surface area contributed by atoms with Gasteiger partial charge in [-0.2, -0.15) is 13.2 Å². The molecule has 4 nitrogen and oxygen atoms in total. The predicted molar refractivity (Wildman–Crippen MR) is 70.6 cm³/mol. The topological polar surface area (TPSA) is 41.6 Å². The number of nitrogens with one attached hydrogen (secondary N) is 1. The Bertz CT molecular complexity index is 505. The molecule has 0 spiro atoms. The first-order chi connectivity index (χ1) is 9.91. The van der Waals surface area contributed by atoms with Gasteiger partial charge in [0.15, 0.2) is 0 Å². The van der Waals surface area contributed by atoms with Crippen LogP contribution in [0.25, 0.3) is 0 Å². The van der Waals surface area contributed by atoms with Crippen LogP contribution in [-0.4, -0.2) is 44.1 Å². The third-order valence-corrected chi connectivity index (χ3v) is 3.41. The summed E-state index contributed by atoms with van der Waals surface area (Å²) < 4.78 is 44.6. The van der Waals surface area contributed by atoms with Crippen LogP contribution in [0.1, 0.15) is 17.2 Å². The van der Waals surface area contributed by atoms with Crippen LogP contribution in [0.4, 0.5) is 13.2 Å². The average molecular weight is 302 g/mol. The molecule has 0 aliphatic carbocycles. The Balaban J connectivity index is 2.17. The number of carbonyl (C=O) groups excluding carboxylic acids is 1. The van der Waals surface area contributed by atoms with Crippen LogP contribution in [0.15, 0.2) is 24.3 Å². The minimum absolute atomic E-state index is 0.117. The summed E-state index contributed by atoms with van der Waals surface area (Å²) in [4.78, 5) is 13.2. The van der Waals surface area contributed by atoms with E-state index in [1.807, 2.05) is 0 Å². The lowest BCUT2D eigenvalue weighted by Gasteiger charge is -2.33. The third-order valence-electron chi connectivity index (χ3n) is 3.41. The van der Waals surface area contributed by atoms with Gasteiger partial charge in [0, 0.05) is 20.1 Å². The standard InChI is InChI=1S/C14H17F3N2O2/c1-18-13(20)9-19-6-7-21-12(8-19)10-4-2-3-5-11(10)14(15,16)17/h2-5,12H,6-9H2,1H3,(H,18,20)/t12-/m1/s1. The van der Waals surface area contributed by atoms with Gasteiger partial charge in [-0.05, 0) is 11.6 Å². The molecule has 1 amide bonds. The van der Waals surface area contributed by atoms with Crippen molar-refractivity contribution in [1.29, 1.82) is 0 Å². The number of alkyl halides is 3. The molecule has 0 bridgehead atoms. The fourth-order valence-electron chi connectivity index (χ4n) is 2.35. The van der Waals surface area contributed by atoms with Crippen molar-refractivity contribution in [3.63, 3.8) is 0 Å². The van der Waals surface area contributed by atoms with Gasteiger partial charge in [-0.15, -0.1) is 0 Å². The Morgan fingerprint density at radius 1 is 1.43 bits per heavy atom. The second kappa shape index (κ2) is 6.44. The summed E-state index contributed by atoms with van der Waals surface area (Å²) in [5, 5.41) is 2.50. The van der Waals surface area contributed by atoms with Crippen molar-refractivity contribution in [2.24, 2.45) is 0 Å². The van der Waals surface area contributed by atoms with Gasteiger partial charge >= 0.3 is 6.18 Å². The Hall–Kier alpha value is -1.60. The van der Waals surface area contributed by atoms with E-state index in [-0.39, 0.29) is 24.6 Å². The Labute approximate surface area is 120 Å². The maximum absolute atomic E-state index is 13.0. The van der Waals surface area contributed by atoms with Crippen LogP contribution >= 0.6 is 0 Å². The van der Waals surface area contributed by atoms with Gasteiger partial charge in [0.05, 0.1) is 24.8 Å². The summed E-state index contributed by atoms with van der Waals surface area (Å²) in [5.74, 6) is -0.167. The van der Waals surface area contributed by atoms with Crippen molar-refractivity contribution in [3.8, 4) is 0 Å². The third kappa shape index (κ3) is 3.95. The maximum Gasteiger partial charge on any atom is 0.416 e. The predicted octanol–water partition coefficient (Wildman–Crippen LogP) is 1.82. The maximum atomic E-state index is 13.0. The zero-order chi connectivity index (χ0) is 15.5. The number of ether oxygens (including phenoxy) is 1. The fourth-order valence-corrected chi connectivity index (χ4v) is 2.35. The molecule has 0 unspecified atom stereocenters. The number of carbonyl (C=O) groups is 1. The van der Waals surface area contributed by atoms with Crippen LogP contribution in [0.3, 0.4) is 0 Å². The number of likely N-dealkylation sites (N-methyl/N-ethyl adjacent to an activating group) is 1. The molecule has 1 heterocycles. The highest BCUT2D eigenvalue weighted by molar-refractivity contribution is 5.77. The highest BCUT2D eigenvalue weighted by atomic mass is 19.4. The van der Waals surface area contributed by atoms with Crippen LogP contribution in [0.5, 0.6) is 0 Å². The van der Waals surface area contributed by atoms with Crippen molar-refractivity contribution < 1.29 is 22.7 Å². The van der Waals surface area contributed by atoms with Gasteiger partial charge in [0.25, 0.3) is 0 Å². The first-order valence-corrected chi connectivity index (χ1v) is 6.62. The highest BCUT2D eigenvalue weighted by Crippen LogP contribution is 2.36. The number of hydrogen-bond donors (Lipinski definition) is 1. The van der Waals surface area contributed by atoms with E-state index in [9.17, 15) is 18.0 Å². The highest BCUT2D eigenvalue weighted by Gasteiger charge is 2.36. The fraction of sp³-hybridized carbons (Fsp3) is 0.500. The molecule has 1 aromatic rings. The Morgan fingerprint density at radius 2 is 2.14 bits per heavy atom. The van der Waals surface area contributed by atoms with Gasteiger partial charge in [0.2, 0.25) is 5.91 Å². The van der Waals surface area contributed by atoms with E-state index in [0.29, 0.717) is 13.2 Å². The largest absolute Gasteiger partial charge is 0.416 e. The Morgan fingerprint density at radius 3 is 2.81 bits per heavy atom. The van der Waals surface area contributed by atoms with E-state index in [2.05, 4.69) is 5.32 Å². The number of rotatable bonds is 3. The van der Waals surface area contributed by atoms with E-state index in [0.717, 1.165) is 6.07 Å². The lowest BCUT2D eigenvalue weighted by molar-refractivity contribution is -0.141. The Kier molecular flexibility index (Phi) is 4.84. The molecule has 0 aromatic heterocycles. The van der Waals surface area contributed by atoms with Crippen LogP contribution < -0.4 is 5.32 Å². The number of hydrogen-bond acceptors (Lipinski definition) is 3. The van der Waals surface area contributed by atoms with Crippen molar-refractivity contribution in [2.45, 2.75) is 12.3 Å². The molecule has 116 valence electrons. The molecule has 0 saturated carbocycles. The van der Waals surface area contributed by atoms with E-state index in [4.69, 9.17) is 4.74 Å². The van der Waals surface area contributed by atoms with Gasteiger partial charge in [0.1, 0.15) is 0 Å². The number of amides is 1. The number of nitrogens with zero attached hydrogens (tertiary/aromatic N) is 1. The van der Waals surface area contributed by atoms with Crippen molar-refractivity contribution in [3.05, 3.63) is 35.4 Å². The van der Waals surface area contributed by atoms with Crippen LogP contribution in [-0.2, 0) is 15.7 Å². The molecule has 1 fully saturated rings. The number of morpholine rings is 1. The second-order valence-corrected chi connectivity index (χ2v) is 4.85. The zero-order valence-electron chi connectivity index (χ0n) is 11.6. The summed E-state index contributed by atoms with van der Waals surface area (Å²) in [5.41, 5.74) is -0.566. The van der Waals surface area contributed by atoms with Crippen LogP contribution in [0.2, 0.25) is 0 Å². The molecule has 21 heavy (non-hydrogen) atoms. The van der Waals surface area contributed by atoms with Crippen molar-refractivity contribution in [2.75, 3.05) is 33.3 Å². The summed E-state index contributed by atoms with van der Waals surface area (Å²) in [7, 11) is 1.53. The van der Waals surface area contributed by atoms with Gasteiger partial charge in [-0.3, -0.25) is 9.69 Å². The quantitative estimate of drug-likeness (QED) is 0.926. The van der Waals surface area contributed by atoms with Crippen molar-refractivity contribution >= 4 is 5.91 Å². The molecular weight excluding hydrogens is 285 g/mol. The van der Waals surface area contributed by atoms with Crippen molar-refractivity contribution in [1.82, 2.24) is 10.2 Å². The molecule has 1 aliphatic heterocycles. The van der Waals surface area contributed by atoms with Gasteiger partial charge in [-0.1, -0.05) is 18.2 Å². The SMILES string of the molecule is CNC(=O)CN1CCO[C@@H](c2ccccc2C(F)(F)F)C1. The molecule has 7 heteroatoms. The summed E-state index contributed by atoms with van der Waals surface area (Å²) in [6, 6.07) is 5.40.